The Morgan fingerprint density at radius 2 is 2.17 bits per heavy atom. The number of carbonyl (C=O) groups is 1. The van der Waals surface area contributed by atoms with Gasteiger partial charge >= 0.3 is 5.97 Å². The summed E-state index contributed by atoms with van der Waals surface area (Å²) < 4.78 is 4.99. The number of thioether (sulfide) groups is 1. The zero-order valence-electron chi connectivity index (χ0n) is 9.80. The van der Waals surface area contributed by atoms with E-state index >= 15 is 0 Å². The van der Waals surface area contributed by atoms with Crippen molar-refractivity contribution in [3.63, 3.8) is 0 Å². The van der Waals surface area contributed by atoms with E-state index in [9.17, 15) is 9.90 Å². The molecule has 0 amide bonds. The second-order valence-corrected chi connectivity index (χ2v) is 4.54. The number of benzene rings is 1. The Morgan fingerprint density at radius 3 is 2.72 bits per heavy atom. The molecule has 0 atom stereocenters. The van der Waals surface area contributed by atoms with Crippen molar-refractivity contribution in [2.75, 3.05) is 6.26 Å². The topological polar surface area (TPSA) is 83.6 Å². The quantitative estimate of drug-likeness (QED) is 0.830. The molecule has 2 N–H and O–H groups in total. The monoisotopic (exact) mass is 265 g/mol. The van der Waals surface area contributed by atoms with Crippen LogP contribution in [0, 0.1) is 6.92 Å². The van der Waals surface area contributed by atoms with Crippen molar-refractivity contribution in [1.29, 1.82) is 0 Å². The number of aromatic carboxylic acids is 1. The van der Waals surface area contributed by atoms with Crippen molar-refractivity contribution in [2.45, 2.75) is 11.8 Å². The summed E-state index contributed by atoms with van der Waals surface area (Å²) in [6.07, 6.45) is 1.86. The van der Waals surface area contributed by atoms with E-state index in [1.54, 1.807) is 13.0 Å². The fourth-order valence-corrected chi connectivity index (χ4v) is 2.18. The summed E-state index contributed by atoms with van der Waals surface area (Å²) in [6, 6.07) is 4.94. The molecule has 1 aromatic carbocycles. The van der Waals surface area contributed by atoms with Crippen LogP contribution in [0.2, 0.25) is 0 Å². The number of phenolic OH excluding ortho intramolecular Hbond substituents is 1. The van der Waals surface area contributed by atoms with Crippen molar-refractivity contribution < 1.29 is 19.5 Å². The van der Waals surface area contributed by atoms with Crippen LogP contribution in [-0.4, -0.2) is 27.6 Å². The fourth-order valence-electron chi connectivity index (χ4n) is 1.58. The zero-order valence-corrected chi connectivity index (χ0v) is 10.6. The average Bonchev–Trinajstić information content (AvgIpc) is 2.81. The van der Waals surface area contributed by atoms with E-state index in [-0.39, 0.29) is 17.2 Å². The maximum atomic E-state index is 10.8. The molecule has 18 heavy (non-hydrogen) atoms. The van der Waals surface area contributed by atoms with E-state index in [0.29, 0.717) is 11.1 Å². The number of aromatic hydroxyl groups is 1. The molecule has 2 rings (SSSR count). The molecule has 1 aromatic heterocycles. The van der Waals surface area contributed by atoms with E-state index in [1.165, 1.54) is 17.8 Å². The number of carboxylic acids is 1. The van der Waals surface area contributed by atoms with Crippen LogP contribution < -0.4 is 0 Å². The van der Waals surface area contributed by atoms with Gasteiger partial charge in [-0.2, -0.15) is 0 Å². The summed E-state index contributed by atoms with van der Waals surface area (Å²) in [5, 5.41) is 22.3. The van der Waals surface area contributed by atoms with Crippen LogP contribution in [0.25, 0.3) is 11.3 Å². The Kier molecular flexibility index (Phi) is 3.29. The molecular formula is C12H11NO4S. The van der Waals surface area contributed by atoms with E-state index < -0.39 is 5.97 Å². The minimum atomic E-state index is -1.16. The molecule has 0 bridgehead atoms. The van der Waals surface area contributed by atoms with Gasteiger partial charge in [-0.05, 0) is 24.8 Å². The summed E-state index contributed by atoms with van der Waals surface area (Å²) in [4.78, 5) is 11.6. The van der Waals surface area contributed by atoms with Gasteiger partial charge in [-0.1, -0.05) is 11.2 Å². The van der Waals surface area contributed by atoms with Gasteiger partial charge in [0.25, 0.3) is 0 Å². The molecule has 0 fully saturated rings. The van der Waals surface area contributed by atoms with Gasteiger partial charge in [0.2, 0.25) is 0 Å². The highest BCUT2D eigenvalue weighted by Crippen LogP contribution is 2.39. The predicted octanol–water partition coefficient (Wildman–Crippen LogP) is 2.78. The van der Waals surface area contributed by atoms with Crippen LogP contribution in [-0.2, 0) is 0 Å². The molecular weight excluding hydrogens is 254 g/mol. The number of carboxylic acid groups (broad SMARTS) is 1. The van der Waals surface area contributed by atoms with E-state index in [1.807, 2.05) is 12.3 Å². The largest absolute Gasteiger partial charge is 0.507 e. The molecule has 1 heterocycles. The summed E-state index contributed by atoms with van der Waals surface area (Å²) in [7, 11) is 0. The Labute approximate surface area is 107 Å². The highest BCUT2D eigenvalue weighted by Gasteiger charge is 2.19. The molecule has 2 aromatic rings. The highest BCUT2D eigenvalue weighted by atomic mass is 32.2. The first-order valence-corrected chi connectivity index (χ1v) is 6.34. The zero-order chi connectivity index (χ0) is 13.3. The minimum absolute atomic E-state index is 0.0786. The van der Waals surface area contributed by atoms with E-state index in [2.05, 4.69) is 5.16 Å². The number of rotatable bonds is 3. The lowest BCUT2D eigenvalue weighted by Crippen LogP contribution is -1.94. The Morgan fingerprint density at radius 1 is 1.44 bits per heavy atom. The van der Waals surface area contributed by atoms with Gasteiger partial charge in [-0.15, -0.1) is 11.8 Å². The van der Waals surface area contributed by atoms with Gasteiger partial charge in [-0.25, -0.2) is 4.79 Å². The van der Waals surface area contributed by atoms with Crippen molar-refractivity contribution in [2.24, 2.45) is 0 Å². The first-order valence-electron chi connectivity index (χ1n) is 5.11. The molecule has 0 aliphatic rings. The normalized spacial score (nSPS) is 10.6. The Balaban J connectivity index is 2.61. The maximum absolute atomic E-state index is 10.8. The lowest BCUT2D eigenvalue weighted by Gasteiger charge is -2.08. The second-order valence-electron chi connectivity index (χ2n) is 3.69. The summed E-state index contributed by atoms with van der Waals surface area (Å²) >= 11 is 1.44. The summed E-state index contributed by atoms with van der Waals surface area (Å²) in [6.45, 7) is 1.76. The molecule has 94 valence electrons. The molecule has 0 saturated carbocycles. The van der Waals surface area contributed by atoms with Crippen molar-refractivity contribution >= 4 is 17.7 Å². The van der Waals surface area contributed by atoms with Crippen LogP contribution in [0.3, 0.4) is 0 Å². The van der Waals surface area contributed by atoms with Crippen molar-refractivity contribution in [3.8, 4) is 17.1 Å². The molecule has 0 aliphatic carbocycles. The van der Waals surface area contributed by atoms with Gasteiger partial charge in [0, 0.05) is 11.0 Å². The predicted molar refractivity (Wildman–Crippen MR) is 67.1 cm³/mol. The number of nitrogens with zero attached hydrogens (tertiary/aromatic N) is 1. The van der Waals surface area contributed by atoms with Crippen LogP contribution in [0.4, 0.5) is 0 Å². The van der Waals surface area contributed by atoms with Crippen LogP contribution in [0.15, 0.2) is 27.6 Å². The number of aromatic nitrogens is 1. The molecule has 0 saturated heterocycles. The van der Waals surface area contributed by atoms with Gasteiger partial charge in [-0.3, -0.25) is 0 Å². The van der Waals surface area contributed by atoms with Gasteiger partial charge in [0.15, 0.2) is 11.5 Å². The molecule has 0 spiro atoms. The van der Waals surface area contributed by atoms with E-state index in [4.69, 9.17) is 9.63 Å². The van der Waals surface area contributed by atoms with E-state index in [0.717, 1.165) is 4.90 Å². The third-order valence-corrected chi connectivity index (χ3v) is 3.32. The lowest BCUT2D eigenvalue weighted by molar-refractivity contribution is 0.0686. The Bertz CT molecular complexity index is 606. The smallest absolute Gasteiger partial charge is 0.358 e. The number of aryl methyl sites for hydroxylation is 1. The first-order chi connectivity index (χ1) is 8.54. The highest BCUT2D eigenvalue weighted by molar-refractivity contribution is 7.98. The van der Waals surface area contributed by atoms with Crippen LogP contribution in [0.1, 0.15) is 16.1 Å². The van der Waals surface area contributed by atoms with Crippen LogP contribution >= 0.6 is 11.8 Å². The minimum Gasteiger partial charge on any atom is -0.507 e. The molecule has 0 unspecified atom stereocenters. The standard InChI is InChI=1S/C12H11NO4S/c1-6-3-4-9(18-2)10(11(6)14)8-5-7(12(15)16)13-17-8/h3-5,14H,1-2H3,(H,15,16). The van der Waals surface area contributed by atoms with Crippen LogP contribution in [0.5, 0.6) is 5.75 Å². The molecule has 5 nitrogen and oxygen atoms in total. The summed E-state index contributed by atoms with van der Waals surface area (Å²) in [5.74, 6) is -0.837. The SMILES string of the molecule is CSc1ccc(C)c(O)c1-c1cc(C(=O)O)no1. The third-order valence-electron chi connectivity index (χ3n) is 2.54. The first kappa shape index (κ1) is 12.5. The fraction of sp³-hybridized carbons (Fsp3) is 0.167. The second kappa shape index (κ2) is 4.73. The average molecular weight is 265 g/mol. The van der Waals surface area contributed by atoms with Gasteiger partial charge in [0.1, 0.15) is 5.75 Å². The van der Waals surface area contributed by atoms with Crippen molar-refractivity contribution in [1.82, 2.24) is 5.16 Å². The third kappa shape index (κ3) is 2.06. The molecule has 0 radical (unpaired) electrons. The van der Waals surface area contributed by atoms with Crippen molar-refractivity contribution in [3.05, 3.63) is 29.5 Å². The number of phenols is 1. The maximum Gasteiger partial charge on any atom is 0.358 e. The molecule has 0 aliphatic heterocycles. The number of hydrogen-bond acceptors (Lipinski definition) is 5. The van der Waals surface area contributed by atoms with Gasteiger partial charge in [0.05, 0.1) is 5.56 Å². The summed E-state index contributed by atoms with van der Waals surface area (Å²) in [5.41, 5.74) is 0.983. The Hall–Kier alpha value is -1.95. The van der Waals surface area contributed by atoms with Gasteiger partial charge < -0.3 is 14.7 Å². The molecule has 6 heteroatoms. The number of hydrogen-bond donors (Lipinski definition) is 2. The lowest BCUT2D eigenvalue weighted by atomic mass is 10.1.